The quantitative estimate of drug-likeness (QED) is 0.752. The van der Waals surface area contributed by atoms with Crippen LogP contribution in [0.1, 0.15) is 21.5 Å². The molecule has 0 unspecified atom stereocenters. The summed E-state index contributed by atoms with van der Waals surface area (Å²) in [5, 5.41) is 3.66. The van der Waals surface area contributed by atoms with Crippen molar-refractivity contribution in [2.45, 2.75) is 13.3 Å². The summed E-state index contributed by atoms with van der Waals surface area (Å²) in [6.07, 6.45) is 0.649. The van der Waals surface area contributed by atoms with Gasteiger partial charge in [0.05, 0.1) is 12.7 Å². The molecule has 0 spiro atoms. The summed E-state index contributed by atoms with van der Waals surface area (Å²) in [4.78, 5) is 27.6. The molecule has 5 nitrogen and oxygen atoms in total. The number of fused-ring (bicyclic) bond motifs is 1. The van der Waals surface area contributed by atoms with Crippen molar-refractivity contribution in [3.8, 4) is 5.75 Å². The molecule has 1 aromatic heterocycles. The van der Waals surface area contributed by atoms with E-state index in [0.717, 1.165) is 16.7 Å². The van der Waals surface area contributed by atoms with Gasteiger partial charge in [-0.05, 0) is 31.0 Å². The fourth-order valence-electron chi connectivity index (χ4n) is 2.94. The van der Waals surface area contributed by atoms with Crippen LogP contribution < -0.4 is 15.6 Å². The summed E-state index contributed by atoms with van der Waals surface area (Å²) in [6, 6.07) is 15.0. The highest BCUT2D eigenvalue weighted by molar-refractivity contribution is 6.07. The number of aromatic amines is 1. The van der Waals surface area contributed by atoms with Gasteiger partial charge >= 0.3 is 0 Å². The van der Waals surface area contributed by atoms with Crippen molar-refractivity contribution in [1.29, 1.82) is 0 Å². The smallest absolute Gasteiger partial charge is 0.252 e. The molecule has 0 aliphatic rings. The molecule has 3 rings (SSSR count). The molecule has 128 valence electrons. The number of nitrogens with one attached hydrogen (secondary N) is 2. The molecule has 0 fully saturated rings. The maximum atomic E-state index is 12.7. The number of benzene rings is 2. The molecule has 0 radical (unpaired) electrons. The van der Waals surface area contributed by atoms with Gasteiger partial charge in [-0.2, -0.15) is 0 Å². The number of hydrogen-bond donors (Lipinski definition) is 2. The number of hydrogen-bond acceptors (Lipinski definition) is 3. The average Bonchev–Trinajstić information content (AvgIpc) is 2.63. The van der Waals surface area contributed by atoms with E-state index in [1.165, 1.54) is 0 Å². The minimum atomic E-state index is -0.242. The van der Waals surface area contributed by atoms with Crippen LogP contribution in [0.15, 0.2) is 53.3 Å². The van der Waals surface area contributed by atoms with Crippen LogP contribution in [0, 0.1) is 6.92 Å². The number of methoxy groups -OCH3 is 1. The number of pyridine rings is 1. The molecule has 25 heavy (non-hydrogen) atoms. The van der Waals surface area contributed by atoms with Crippen molar-refractivity contribution in [3.63, 3.8) is 0 Å². The molecule has 0 saturated heterocycles. The van der Waals surface area contributed by atoms with Crippen LogP contribution in [-0.2, 0) is 6.42 Å². The molecular formula is C20H20N2O3. The summed E-state index contributed by atoms with van der Waals surface area (Å²) in [6.45, 7) is 2.13. The third kappa shape index (κ3) is 3.40. The monoisotopic (exact) mass is 336 g/mol. The lowest BCUT2D eigenvalue weighted by Crippen LogP contribution is -2.29. The van der Waals surface area contributed by atoms with Crippen LogP contribution in [0.2, 0.25) is 0 Å². The fourth-order valence-corrected chi connectivity index (χ4v) is 2.94. The van der Waals surface area contributed by atoms with E-state index >= 15 is 0 Å². The Bertz CT molecular complexity index is 976. The van der Waals surface area contributed by atoms with Crippen LogP contribution in [0.4, 0.5) is 0 Å². The van der Waals surface area contributed by atoms with Gasteiger partial charge < -0.3 is 15.0 Å². The van der Waals surface area contributed by atoms with Gasteiger partial charge in [-0.15, -0.1) is 0 Å². The highest BCUT2D eigenvalue weighted by Crippen LogP contribution is 2.19. The van der Waals surface area contributed by atoms with E-state index < -0.39 is 0 Å². The first-order valence-corrected chi connectivity index (χ1v) is 8.13. The molecule has 1 heterocycles. The predicted octanol–water partition coefficient (Wildman–Crippen LogP) is 2.82. The van der Waals surface area contributed by atoms with Crippen molar-refractivity contribution >= 4 is 16.8 Å². The summed E-state index contributed by atoms with van der Waals surface area (Å²) >= 11 is 0. The fraction of sp³-hybridized carbons (Fsp3) is 0.200. The zero-order valence-electron chi connectivity index (χ0n) is 14.3. The van der Waals surface area contributed by atoms with Crippen molar-refractivity contribution in [1.82, 2.24) is 10.3 Å². The van der Waals surface area contributed by atoms with E-state index in [2.05, 4.69) is 10.3 Å². The van der Waals surface area contributed by atoms with Crippen molar-refractivity contribution in [3.05, 3.63) is 75.6 Å². The number of amides is 1. The molecular weight excluding hydrogens is 316 g/mol. The topological polar surface area (TPSA) is 71.2 Å². The normalized spacial score (nSPS) is 10.6. The Kier molecular flexibility index (Phi) is 4.84. The third-order valence-corrected chi connectivity index (χ3v) is 4.26. The maximum Gasteiger partial charge on any atom is 0.252 e. The molecule has 2 N–H and O–H groups in total. The standard InChI is InChI=1S/C20H20N2O3/c1-13-18(15-8-4-5-9-16(15)22-19(13)23)20(24)21-12-11-14-7-3-6-10-17(14)25-2/h3-10H,11-12H2,1-2H3,(H,21,24)(H,22,23). The molecule has 0 atom stereocenters. The first-order valence-electron chi connectivity index (χ1n) is 8.13. The van der Waals surface area contributed by atoms with E-state index in [-0.39, 0.29) is 11.5 Å². The zero-order chi connectivity index (χ0) is 17.8. The highest BCUT2D eigenvalue weighted by Gasteiger charge is 2.16. The number of aromatic nitrogens is 1. The second kappa shape index (κ2) is 7.21. The molecule has 0 saturated carbocycles. The zero-order valence-corrected chi connectivity index (χ0v) is 14.3. The van der Waals surface area contributed by atoms with Crippen LogP contribution >= 0.6 is 0 Å². The first-order chi connectivity index (χ1) is 12.1. The molecule has 0 aliphatic carbocycles. The van der Waals surface area contributed by atoms with Crippen LogP contribution in [0.25, 0.3) is 10.9 Å². The first kappa shape index (κ1) is 16.8. The Hall–Kier alpha value is -3.08. The number of rotatable bonds is 5. The Morgan fingerprint density at radius 1 is 1.12 bits per heavy atom. The van der Waals surface area contributed by atoms with E-state index in [1.54, 1.807) is 20.1 Å². The number of H-pyrrole nitrogens is 1. The largest absolute Gasteiger partial charge is 0.496 e. The summed E-state index contributed by atoms with van der Waals surface area (Å²) < 4.78 is 5.32. The van der Waals surface area contributed by atoms with Gasteiger partial charge in [0.2, 0.25) is 0 Å². The number of ether oxygens (including phenoxy) is 1. The minimum absolute atomic E-state index is 0.241. The highest BCUT2D eigenvalue weighted by atomic mass is 16.5. The lowest BCUT2D eigenvalue weighted by molar-refractivity contribution is 0.0955. The molecule has 0 aliphatic heterocycles. The van der Waals surface area contributed by atoms with E-state index in [9.17, 15) is 9.59 Å². The van der Waals surface area contributed by atoms with E-state index in [1.807, 2.05) is 42.5 Å². The summed E-state index contributed by atoms with van der Waals surface area (Å²) in [5.41, 5.74) is 2.30. The Balaban J connectivity index is 1.81. The molecule has 3 aromatic rings. The third-order valence-electron chi connectivity index (χ3n) is 4.26. The second-order valence-corrected chi connectivity index (χ2v) is 5.82. The van der Waals surface area contributed by atoms with Crippen LogP contribution in [0.5, 0.6) is 5.75 Å². The molecule has 1 amide bonds. The number of para-hydroxylation sites is 2. The van der Waals surface area contributed by atoms with E-state index in [0.29, 0.717) is 29.6 Å². The van der Waals surface area contributed by atoms with Crippen LogP contribution in [0.3, 0.4) is 0 Å². The SMILES string of the molecule is COc1ccccc1CCNC(=O)c1c(C)c(=O)[nH]c2ccccc12. The van der Waals surface area contributed by atoms with Gasteiger partial charge in [-0.3, -0.25) is 9.59 Å². The molecule has 5 heteroatoms. The van der Waals surface area contributed by atoms with Gasteiger partial charge in [0.15, 0.2) is 0 Å². The van der Waals surface area contributed by atoms with Crippen LogP contribution in [-0.4, -0.2) is 24.5 Å². The summed E-state index contributed by atoms with van der Waals surface area (Å²) in [7, 11) is 1.63. The molecule has 0 bridgehead atoms. The average molecular weight is 336 g/mol. The van der Waals surface area contributed by atoms with Gasteiger partial charge in [-0.1, -0.05) is 36.4 Å². The predicted molar refractivity (Wildman–Crippen MR) is 98.3 cm³/mol. The van der Waals surface area contributed by atoms with Gasteiger partial charge in [0.1, 0.15) is 5.75 Å². The second-order valence-electron chi connectivity index (χ2n) is 5.82. The van der Waals surface area contributed by atoms with Gasteiger partial charge in [-0.25, -0.2) is 0 Å². The summed E-state index contributed by atoms with van der Waals surface area (Å²) in [5.74, 6) is 0.559. The lowest BCUT2D eigenvalue weighted by Gasteiger charge is -2.12. The number of carbonyl (C=O) groups is 1. The Morgan fingerprint density at radius 3 is 2.64 bits per heavy atom. The lowest BCUT2D eigenvalue weighted by atomic mass is 10.0. The minimum Gasteiger partial charge on any atom is -0.496 e. The maximum absolute atomic E-state index is 12.7. The van der Waals surface area contributed by atoms with Gasteiger partial charge in [0.25, 0.3) is 11.5 Å². The van der Waals surface area contributed by atoms with Crippen molar-refractivity contribution in [2.75, 3.05) is 13.7 Å². The Labute approximate surface area is 145 Å². The number of carbonyl (C=O) groups excluding carboxylic acids is 1. The van der Waals surface area contributed by atoms with Crippen molar-refractivity contribution < 1.29 is 9.53 Å². The molecule has 2 aromatic carbocycles. The van der Waals surface area contributed by atoms with Gasteiger partial charge in [0, 0.05) is 23.0 Å². The van der Waals surface area contributed by atoms with Crippen molar-refractivity contribution in [2.24, 2.45) is 0 Å². The Morgan fingerprint density at radius 2 is 1.84 bits per heavy atom. The van der Waals surface area contributed by atoms with E-state index in [4.69, 9.17) is 4.74 Å².